The molecule has 29 heavy (non-hydrogen) atoms. The van der Waals surface area contributed by atoms with Crippen LogP contribution in [0.2, 0.25) is 0 Å². The number of nitriles is 2. The van der Waals surface area contributed by atoms with Gasteiger partial charge >= 0.3 is 0 Å². The first-order chi connectivity index (χ1) is 14.1. The molecule has 1 aromatic rings. The summed E-state index contributed by atoms with van der Waals surface area (Å²) >= 11 is 3.29. The van der Waals surface area contributed by atoms with Crippen LogP contribution in [0.3, 0.4) is 0 Å². The number of allylic oxidation sites excluding steroid dienone is 1. The maximum absolute atomic E-state index is 10.8. The summed E-state index contributed by atoms with van der Waals surface area (Å²) in [4.78, 5) is 4.97. The number of benzene rings is 1. The van der Waals surface area contributed by atoms with Gasteiger partial charge in [-0.2, -0.15) is 10.5 Å². The van der Waals surface area contributed by atoms with E-state index in [1.165, 1.54) is 0 Å². The third-order valence-electron chi connectivity index (χ3n) is 6.32. The Morgan fingerprint density at radius 3 is 2.41 bits per heavy atom. The van der Waals surface area contributed by atoms with Gasteiger partial charge < -0.3 is 11.1 Å². The Labute approximate surface area is 180 Å². The van der Waals surface area contributed by atoms with Crippen molar-refractivity contribution < 1.29 is 0 Å². The van der Waals surface area contributed by atoms with Crippen molar-refractivity contribution >= 4 is 29.4 Å². The van der Waals surface area contributed by atoms with Crippen LogP contribution in [0.5, 0.6) is 0 Å². The zero-order chi connectivity index (χ0) is 20.7. The first kappa shape index (κ1) is 20.2. The van der Waals surface area contributed by atoms with E-state index in [2.05, 4.69) is 31.3 Å². The standard InChI is InChI=1S/C22H25N5S2/c1-3-28-22(29-4-2)21(14-24)16-11-8-12-17(16)26-18(15-9-6-5-7-10-15)20(21,13-23)19(25)27-22/h5-7,9-10,18,26H,3-4,8,11-12H2,1-2H3,(H2,25,27)/t18-,20-,21-/m0/s1. The predicted molar refractivity (Wildman–Crippen MR) is 120 cm³/mol. The molecule has 0 amide bonds. The largest absolute Gasteiger partial charge is 0.386 e. The van der Waals surface area contributed by atoms with Crippen molar-refractivity contribution in [2.75, 3.05) is 11.5 Å². The van der Waals surface area contributed by atoms with Crippen LogP contribution in [0.15, 0.2) is 46.6 Å². The lowest BCUT2D eigenvalue weighted by Crippen LogP contribution is -2.61. The average molecular weight is 424 g/mol. The summed E-state index contributed by atoms with van der Waals surface area (Å²) in [5, 5.41) is 25.2. The van der Waals surface area contributed by atoms with E-state index in [9.17, 15) is 10.5 Å². The van der Waals surface area contributed by atoms with Crippen molar-refractivity contribution in [2.24, 2.45) is 21.6 Å². The van der Waals surface area contributed by atoms with Crippen molar-refractivity contribution in [3.8, 4) is 12.1 Å². The molecule has 0 bridgehead atoms. The molecule has 0 radical (unpaired) electrons. The Morgan fingerprint density at radius 1 is 1.14 bits per heavy atom. The van der Waals surface area contributed by atoms with Gasteiger partial charge in [-0.1, -0.05) is 44.2 Å². The molecule has 2 heterocycles. The first-order valence-electron chi connectivity index (χ1n) is 10.1. The summed E-state index contributed by atoms with van der Waals surface area (Å²) in [7, 11) is 0. The number of nitrogens with one attached hydrogen (secondary N) is 1. The van der Waals surface area contributed by atoms with Gasteiger partial charge in [0.2, 0.25) is 0 Å². The lowest BCUT2D eigenvalue weighted by Gasteiger charge is -2.52. The molecule has 5 nitrogen and oxygen atoms in total. The Balaban J connectivity index is 2.08. The van der Waals surface area contributed by atoms with E-state index in [4.69, 9.17) is 10.7 Å². The van der Waals surface area contributed by atoms with Crippen LogP contribution in [0.25, 0.3) is 0 Å². The molecular formula is C22H25N5S2. The fraction of sp³-hybridized carbons (Fsp3) is 0.500. The van der Waals surface area contributed by atoms with E-state index in [1.807, 2.05) is 30.3 Å². The maximum Gasteiger partial charge on any atom is 0.178 e. The van der Waals surface area contributed by atoms with E-state index in [1.54, 1.807) is 23.5 Å². The van der Waals surface area contributed by atoms with Gasteiger partial charge in [0.1, 0.15) is 5.84 Å². The lowest BCUT2D eigenvalue weighted by molar-refractivity contribution is 0.200. The molecule has 7 heteroatoms. The Bertz CT molecular complexity index is 952. The number of rotatable bonds is 5. The van der Waals surface area contributed by atoms with Crippen molar-refractivity contribution in [1.29, 1.82) is 10.5 Å². The zero-order valence-corrected chi connectivity index (χ0v) is 18.4. The molecule has 4 rings (SSSR count). The molecule has 0 spiro atoms. The van der Waals surface area contributed by atoms with Crippen LogP contribution in [0.1, 0.15) is 44.7 Å². The van der Waals surface area contributed by atoms with Gasteiger partial charge in [0.25, 0.3) is 0 Å². The number of amidine groups is 1. The van der Waals surface area contributed by atoms with Gasteiger partial charge in [-0.25, -0.2) is 4.99 Å². The third kappa shape index (κ3) is 2.38. The highest BCUT2D eigenvalue weighted by atomic mass is 32.2. The topological polar surface area (TPSA) is 98.0 Å². The highest BCUT2D eigenvalue weighted by molar-refractivity contribution is 8.18. The molecule has 0 saturated carbocycles. The van der Waals surface area contributed by atoms with Crippen LogP contribution < -0.4 is 11.1 Å². The summed E-state index contributed by atoms with van der Waals surface area (Å²) in [6, 6.07) is 14.7. The summed E-state index contributed by atoms with van der Waals surface area (Å²) in [6.45, 7) is 4.15. The van der Waals surface area contributed by atoms with Crippen molar-refractivity contribution in [1.82, 2.24) is 5.32 Å². The monoisotopic (exact) mass is 423 g/mol. The molecule has 1 aromatic carbocycles. The van der Waals surface area contributed by atoms with Crippen LogP contribution in [-0.2, 0) is 0 Å². The van der Waals surface area contributed by atoms with Crippen LogP contribution in [0, 0.1) is 33.5 Å². The van der Waals surface area contributed by atoms with Crippen molar-refractivity contribution in [2.45, 2.75) is 43.4 Å². The van der Waals surface area contributed by atoms with E-state index < -0.39 is 21.1 Å². The molecule has 3 atom stereocenters. The molecule has 150 valence electrons. The van der Waals surface area contributed by atoms with Crippen molar-refractivity contribution in [3.63, 3.8) is 0 Å². The van der Waals surface area contributed by atoms with Gasteiger partial charge in [0, 0.05) is 5.70 Å². The molecule has 0 fully saturated rings. The van der Waals surface area contributed by atoms with Gasteiger partial charge in [-0.3, -0.25) is 0 Å². The zero-order valence-electron chi connectivity index (χ0n) is 16.7. The van der Waals surface area contributed by atoms with Crippen LogP contribution in [0.4, 0.5) is 0 Å². The van der Waals surface area contributed by atoms with Crippen molar-refractivity contribution in [3.05, 3.63) is 47.2 Å². The van der Waals surface area contributed by atoms with Gasteiger partial charge in [-0.15, -0.1) is 23.5 Å². The quantitative estimate of drug-likeness (QED) is 0.685. The van der Waals surface area contributed by atoms with E-state index in [-0.39, 0.29) is 5.84 Å². The number of nitrogens with zero attached hydrogens (tertiary/aromatic N) is 3. The normalized spacial score (nSPS) is 31.9. The van der Waals surface area contributed by atoms with E-state index in [0.717, 1.165) is 47.6 Å². The molecular weight excluding hydrogens is 398 g/mol. The predicted octanol–water partition coefficient (Wildman–Crippen LogP) is 4.32. The number of hydrogen-bond donors (Lipinski definition) is 2. The van der Waals surface area contributed by atoms with Gasteiger partial charge in [0.05, 0.1) is 18.2 Å². The number of thioether (sulfide) groups is 2. The molecule has 0 unspecified atom stereocenters. The fourth-order valence-corrected chi connectivity index (χ4v) is 8.53. The van der Waals surface area contributed by atoms with Gasteiger partial charge in [0.15, 0.2) is 15.0 Å². The molecule has 3 N–H and O–H groups in total. The van der Waals surface area contributed by atoms with Crippen LogP contribution >= 0.6 is 23.5 Å². The first-order valence-corrected chi connectivity index (χ1v) is 12.0. The highest BCUT2D eigenvalue weighted by Gasteiger charge is 2.77. The molecule has 3 aliphatic rings. The third-order valence-corrected chi connectivity index (χ3v) is 9.18. The fourth-order valence-electron chi connectivity index (χ4n) is 5.29. The number of fused-ring (bicyclic) bond motifs is 2. The second-order valence-corrected chi connectivity index (χ2v) is 10.7. The molecule has 2 aliphatic heterocycles. The minimum absolute atomic E-state index is 0.281. The summed E-state index contributed by atoms with van der Waals surface area (Å²) in [6.07, 6.45) is 2.68. The minimum atomic E-state index is -1.25. The minimum Gasteiger partial charge on any atom is -0.386 e. The highest BCUT2D eigenvalue weighted by Crippen LogP contribution is 2.72. The summed E-state index contributed by atoms with van der Waals surface area (Å²) in [5.74, 6) is 1.87. The number of nitrogens with two attached hydrogens (primary N) is 1. The number of hydrogen-bond acceptors (Lipinski definition) is 7. The average Bonchev–Trinajstić information content (AvgIpc) is 3.28. The Morgan fingerprint density at radius 2 is 1.83 bits per heavy atom. The molecule has 0 aromatic heterocycles. The second kappa shape index (κ2) is 7.31. The maximum atomic E-state index is 10.8. The summed E-state index contributed by atoms with van der Waals surface area (Å²) in [5.41, 5.74) is 7.39. The Hall–Kier alpha value is -2.09. The van der Waals surface area contributed by atoms with Crippen LogP contribution in [-0.4, -0.2) is 21.5 Å². The number of aliphatic imine (C=N–C) groups is 1. The summed E-state index contributed by atoms with van der Waals surface area (Å²) < 4.78 is -0.814. The van der Waals surface area contributed by atoms with E-state index >= 15 is 0 Å². The lowest BCUT2D eigenvalue weighted by atomic mass is 9.55. The molecule has 1 aliphatic carbocycles. The van der Waals surface area contributed by atoms with Gasteiger partial charge in [-0.05, 0) is 41.9 Å². The second-order valence-electron chi connectivity index (χ2n) is 7.53. The van der Waals surface area contributed by atoms with E-state index in [0.29, 0.717) is 0 Å². The molecule has 0 saturated heterocycles. The Kier molecular flexibility index (Phi) is 5.09. The smallest absolute Gasteiger partial charge is 0.178 e. The SMILES string of the molecule is CCSC1(SCC)N=C(N)[C@]2(C#N)[C@H](c3ccccc3)NC3=C(CCC3)[C@]12C#N.